The van der Waals surface area contributed by atoms with Gasteiger partial charge in [0.1, 0.15) is 24.5 Å². The molecular weight excluding hydrogens is 638 g/mol. The second kappa shape index (κ2) is 14.2. The van der Waals surface area contributed by atoms with E-state index in [1.54, 1.807) is 10.5 Å². The van der Waals surface area contributed by atoms with Crippen LogP contribution < -0.4 is 5.48 Å². The largest absolute Gasteiger partial charge is 0.385 e. The molecule has 5 aromatic rings. The molecule has 7 rings (SSSR count). The van der Waals surface area contributed by atoms with E-state index in [0.29, 0.717) is 16.7 Å². The number of ether oxygens (including phenoxy) is 1. The van der Waals surface area contributed by atoms with Crippen molar-refractivity contribution in [2.45, 2.75) is 61.6 Å². The number of carbonyl (C=O) groups excluding carboxylic acids is 2. The summed E-state index contributed by atoms with van der Waals surface area (Å²) >= 11 is 0. The third-order valence-corrected chi connectivity index (χ3v) is 9.54. The van der Waals surface area contributed by atoms with Gasteiger partial charge in [-0.15, -0.1) is 0 Å². The summed E-state index contributed by atoms with van der Waals surface area (Å²) < 4.78 is 8.67. The number of fused-ring (bicyclic) bond motifs is 1. The molecule has 254 valence electrons. The maximum atomic E-state index is 13.6. The first-order valence-electron chi connectivity index (χ1n) is 16.4. The average molecular weight is 674 g/mol. The number of anilines is 1. The molecule has 1 aliphatic heterocycles. The molecule has 1 saturated heterocycles. The molecule has 2 fully saturated rings. The zero-order valence-electron chi connectivity index (χ0n) is 27.3. The molecule has 0 radical (unpaired) electrons. The number of aliphatic hydroxyl groups is 1. The van der Waals surface area contributed by atoms with Gasteiger partial charge in [0, 0.05) is 0 Å². The van der Waals surface area contributed by atoms with Gasteiger partial charge >= 0.3 is 0 Å². The SMILES string of the molecule is CONc1ncnc2c1ncn2[C@]1(C(c2ccccc2)(c2ccccc2)c2ccccc2)O[C@H](C(=C=O)OOC2CCCCC2)[C@@H](O)C1=C=O. The van der Waals surface area contributed by atoms with Crippen molar-refractivity contribution in [3.8, 4) is 0 Å². The Morgan fingerprint density at radius 2 is 1.50 bits per heavy atom. The van der Waals surface area contributed by atoms with E-state index in [-0.39, 0.29) is 28.7 Å². The number of nitrogens with one attached hydrogen (secondary N) is 1. The van der Waals surface area contributed by atoms with Crippen LogP contribution in [0.2, 0.25) is 0 Å². The van der Waals surface area contributed by atoms with Crippen molar-refractivity contribution in [3.05, 3.63) is 132 Å². The molecule has 0 amide bonds. The normalized spacial score (nSPS) is 21.0. The van der Waals surface area contributed by atoms with Gasteiger partial charge < -0.3 is 14.7 Å². The van der Waals surface area contributed by atoms with Crippen LogP contribution in [0.3, 0.4) is 0 Å². The second-order valence-electron chi connectivity index (χ2n) is 12.2. The fourth-order valence-electron chi connectivity index (χ4n) is 7.44. The van der Waals surface area contributed by atoms with Crippen LogP contribution in [-0.2, 0) is 40.1 Å². The molecule has 1 saturated carbocycles. The molecule has 3 heterocycles. The average Bonchev–Trinajstić information content (AvgIpc) is 3.74. The van der Waals surface area contributed by atoms with Gasteiger partial charge in [0.05, 0.1) is 24.4 Å². The molecule has 3 atom stereocenters. The Hall–Kier alpha value is -5.45. The Balaban J connectivity index is 1.56. The Morgan fingerprint density at radius 1 is 0.900 bits per heavy atom. The molecule has 2 aliphatic rings. The lowest BCUT2D eigenvalue weighted by Crippen LogP contribution is -2.56. The molecule has 2 aromatic heterocycles. The minimum Gasteiger partial charge on any atom is -0.385 e. The van der Waals surface area contributed by atoms with E-state index in [1.165, 1.54) is 19.8 Å². The van der Waals surface area contributed by atoms with E-state index >= 15 is 0 Å². The highest BCUT2D eigenvalue weighted by Gasteiger charge is 2.68. The Kier molecular flexibility index (Phi) is 9.38. The predicted octanol–water partition coefficient (Wildman–Crippen LogP) is 5.00. The number of hydrogen-bond donors (Lipinski definition) is 2. The van der Waals surface area contributed by atoms with Crippen molar-refractivity contribution in [1.29, 1.82) is 0 Å². The molecule has 0 unspecified atom stereocenters. The van der Waals surface area contributed by atoms with Crippen molar-refractivity contribution in [2.75, 3.05) is 12.6 Å². The number of imidazole rings is 1. The van der Waals surface area contributed by atoms with Gasteiger partial charge in [0.25, 0.3) is 5.76 Å². The number of aliphatic hydroxyl groups excluding tert-OH is 1. The van der Waals surface area contributed by atoms with Gasteiger partial charge in [0.15, 0.2) is 29.0 Å². The highest BCUT2D eigenvalue weighted by Crippen LogP contribution is 2.59. The maximum Gasteiger partial charge on any atom is 0.256 e. The molecule has 12 nitrogen and oxygen atoms in total. The number of benzene rings is 3. The third kappa shape index (κ3) is 5.32. The van der Waals surface area contributed by atoms with Gasteiger partial charge in [-0.3, -0.25) is 9.40 Å². The summed E-state index contributed by atoms with van der Waals surface area (Å²) in [5.74, 6) is 3.63. The summed E-state index contributed by atoms with van der Waals surface area (Å²) in [4.78, 5) is 56.3. The van der Waals surface area contributed by atoms with Gasteiger partial charge in [-0.25, -0.2) is 30.0 Å². The molecule has 12 heteroatoms. The number of nitrogens with zero attached hydrogens (tertiary/aromatic N) is 4. The smallest absolute Gasteiger partial charge is 0.256 e. The van der Waals surface area contributed by atoms with Crippen LogP contribution in [0.5, 0.6) is 0 Å². The first-order chi connectivity index (χ1) is 24.6. The maximum absolute atomic E-state index is 13.6. The highest BCUT2D eigenvalue weighted by atomic mass is 17.2. The molecule has 2 N–H and O–H groups in total. The minimum absolute atomic E-state index is 0.225. The van der Waals surface area contributed by atoms with E-state index in [1.807, 2.05) is 96.9 Å². The van der Waals surface area contributed by atoms with Gasteiger partial charge in [0.2, 0.25) is 5.72 Å². The first kappa shape index (κ1) is 33.1. The van der Waals surface area contributed by atoms with E-state index in [4.69, 9.17) is 19.3 Å². The summed E-state index contributed by atoms with van der Waals surface area (Å²) in [6.45, 7) is 0. The van der Waals surface area contributed by atoms with Crippen LogP contribution in [-0.4, -0.2) is 61.9 Å². The molecular formula is C38H35N5O7. The predicted molar refractivity (Wildman–Crippen MR) is 181 cm³/mol. The molecule has 0 spiro atoms. The van der Waals surface area contributed by atoms with Gasteiger partial charge in [-0.05, 0) is 29.5 Å². The lowest BCUT2D eigenvalue weighted by Gasteiger charge is -2.49. The Bertz CT molecular complexity index is 1940. The Labute approximate surface area is 287 Å². The number of aromatic nitrogens is 4. The monoisotopic (exact) mass is 673 g/mol. The minimum atomic E-state index is -2.05. The standard InChI is InChI=1S/C38H35N5O7/c1-47-42-35-32-36(40-24-39-35)43(25-41-32)38(30(22-44)33(46)34(48-38)31(23-45)50-49-29-20-12-5-13-21-29)37(26-14-6-2-7-15-26,27-16-8-3-9-17-27)28-18-10-4-11-19-28/h2-4,6-11,14-19,24-25,29,33-34,46H,5,12-13,20-21H2,1H3,(H,39,40,42)/t33-,34+,38-/m0/s1. The van der Waals surface area contributed by atoms with Crippen LogP contribution in [0.1, 0.15) is 48.8 Å². The van der Waals surface area contributed by atoms with Crippen LogP contribution in [0.4, 0.5) is 5.82 Å². The lowest BCUT2D eigenvalue weighted by atomic mass is 9.60. The summed E-state index contributed by atoms with van der Waals surface area (Å²) in [6, 6.07) is 28.4. The number of hydrogen-bond acceptors (Lipinski definition) is 11. The second-order valence-corrected chi connectivity index (χ2v) is 12.2. The quantitative estimate of drug-likeness (QED) is 0.0642. The zero-order valence-corrected chi connectivity index (χ0v) is 27.3. The summed E-state index contributed by atoms with van der Waals surface area (Å²) in [6.07, 6.45) is 3.72. The van der Waals surface area contributed by atoms with Crippen molar-refractivity contribution >= 4 is 28.9 Å². The summed E-state index contributed by atoms with van der Waals surface area (Å²) in [5.41, 5.74) is 1.50. The lowest BCUT2D eigenvalue weighted by molar-refractivity contribution is -0.310. The molecule has 3 aromatic carbocycles. The van der Waals surface area contributed by atoms with Gasteiger partial charge in [-0.1, -0.05) is 110 Å². The zero-order chi connectivity index (χ0) is 34.6. The van der Waals surface area contributed by atoms with Crippen LogP contribution in [0, 0.1) is 0 Å². The first-order valence-corrected chi connectivity index (χ1v) is 16.4. The molecule has 50 heavy (non-hydrogen) atoms. The van der Waals surface area contributed by atoms with Crippen molar-refractivity contribution in [2.24, 2.45) is 0 Å². The van der Waals surface area contributed by atoms with E-state index in [9.17, 15) is 14.7 Å². The van der Waals surface area contributed by atoms with Gasteiger partial charge in [-0.2, -0.15) is 4.89 Å². The fourth-order valence-corrected chi connectivity index (χ4v) is 7.44. The highest BCUT2D eigenvalue weighted by molar-refractivity contribution is 5.83. The van der Waals surface area contributed by atoms with E-state index < -0.39 is 29.1 Å². The van der Waals surface area contributed by atoms with Crippen LogP contribution in [0.15, 0.2) is 115 Å². The third-order valence-electron chi connectivity index (χ3n) is 9.54. The van der Waals surface area contributed by atoms with Crippen molar-refractivity contribution in [1.82, 2.24) is 19.5 Å². The fraction of sp³-hybridized carbons (Fsp3) is 0.289. The Morgan fingerprint density at radius 3 is 2.04 bits per heavy atom. The number of rotatable bonds is 11. The molecule has 0 bridgehead atoms. The van der Waals surface area contributed by atoms with E-state index in [0.717, 1.165) is 32.1 Å². The van der Waals surface area contributed by atoms with Crippen LogP contribution in [0.25, 0.3) is 11.2 Å². The van der Waals surface area contributed by atoms with Crippen molar-refractivity contribution < 1.29 is 34.0 Å². The topological polar surface area (TPSA) is 147 Å². The summed E-state index contributed by atoms with van der Waals surface area (Å²) in [7, 11) is 1.44. The molecule has 1 aliphatic carbocycles. The van der Waals surface area contributed by atoms with E-state index in [2.05, 4.69) is 20.4 Å². The van der Waals surface area contributed by atoms with Crippen LogP contribution >= 0.6 is 0 Å². The van der Waals surface area contributed by atoms with Crippen molar-refractivity contribution in [3.63, 3.8) is 0 Å². The summed E-state index contributed by atoms with van der Waals surface area (Å²) in [5, 5.41) is 12.2.